The zero-order valence-corrected chi connectivity index (χ0v) is 16.8. The lowest BCUT2D eigenvalue weighted by atomic mass is 10.1. The Hall–Kier alpha value is -3.46. The predicted octanol–water partition coefficient (Wildman–Crippen LogP) is 3.59. The summed E-state index contributed by atoms with van der Waals surface area (Å²) in [4.78, 5) is 17.2. The van der Waals surface area contributed by atoms with Gasteiger partial charge < -0.3 is 18.9 Å². The number of likely N-dealkylation sites (tertiary alicyclic amines) is 1. The van der Waals surface area contributed by atoms with E-state index in [0.717, 1.165) is 48.4 Å². The van der Waals surface area contributed by atoms with Gasteiger partial charge in [-0.1, -0.05) is 18.2 Å². The van der Waals surface area contributed by atoms with Crippen molar-refractivity contribution in [2.75, 3.05) is 24.5 Å². The van der Waals surface area contributed by atoms with Crippen molar-refractivity contribution in [1.82, 2.24) is 9.30 Å². The molecule has 0 aliphatic carbocycles. The number of ether oxygens (including phenoxy) is 1. The molecule has 0 radical (unpaired) electrons. The van der Waals surface area contributed by atoms with Gasteiger partial charge in [0.2, 0.25) is 0 Å². The van der Waals surface area contributed by atoms with Gasteiger partial charge in [0.25, 0.3) is 5.91 Å². The Morgan fingerprint density at radius 2 is 1.90 bits per heavy atom. The molecule has 5 rings (SSSR count). The lowest BCUT2D eigenvalue weighted by molar-refractivity contribution is -0.139. The molecule has 6 heteroatoms. The second-order valence-electron chi connectivity index (χ2n) is 7.97. The van der Waals surface area contributed by atoms with Crippen molar-refractivity contribution in [2.45, 2.75) is 31.9 Å². The van der Waals surface area contributed by atoms with Gasteiger partial charge in [0, 0.05) is 37.6 Å². The first-order valence-corrected chi connectivity index (χ1v) is 10.5. The van der Waals surface area contributed by atoms with Crippen LogP contribution in [-0.4, -0.2) is 40.9 Å². The molecule has 0 N–H and O–H groups in total. The second kappa shape index (κ2) is 7.75. The highest BCUT2D eigenvalue weighted by atomic mass is 16.5. The highest BCUT2D eigenvalue weighted by Crippen LogP contribution is 2.35. The van der Waals surface area contributed by atoms with Crippen LogP contribution in [0.15, 0.2) is 54.9 Å². The van der Waals surface area contributed by atoms with Crippen LogP contribution >= 0.6 is 0 Å². The van der Waals surface area contributed by atoms with Crippen LogP contribution in [0.4, 0.5) is 5.69 Å². The van der Waals surface area contributed by atoms with Gasteiger partial charge in [0.1, 0.15) is 11.8 Å². The average molecular weight is 400 g/mol. The van der Waals surface area contributed by atoms with E-state index in [-0.39, 0.29) is 5.91 Å². The number of hydrogen-bond donors (Lipinski definition) is 0. The molecule has 30 heavy (non-hydrogen) atoms. The van der Waals surface area contributed by atoms with E-state index in [9.17, 15) is 10.1 Å². The fourth-order valence-electron chi connectivity index (χ4n) is 4.54. The minimum atomic E-state index is -0.527. The van der Waals surface area contributed by atoms with Crippen LogP contribution in [0.1, 0.15) is 30.4 Å². The Labute approximate surface area is 175 Å². The van der Waals surface area contributed by atoms with Gasteiger partial charge in [-0.3, -0.25) is 4.79 Å². The number of hydrogen-bond acceptors (Lipinski definition) is 4. The SMILES string of the molecule is N#Cc1c(CN2CC(C(=O)N3CCCCC3)Oc3ccccc32)cn2ccccc12. The number of amides is 1. The van der Waals surface area contributed by atoms with Crippen molar-refractivity contribution >= 4 is 17.1 Å². The Balaban J connectivity index is 1.46. The van der Waals surface area contributed by atoms with E-state index in [0.29, 0.717) is 18.7 Å². The van der Waals surface area contributed by atoms with Crippen LogP contribution in [-0.2, 0) is 11.3 Å². The van der Waals surface area contributed by atoms with Crippen molar-refractivity contribution in [3.05, 3.63) is 66.0 Å². The maximum atomic E-state index is 13.1. The molecule has 1 saturated heterocycles. The molecular formula is C24H24N4O2. The molecule has 1 atom stereocenters. The topological polar surface area (TPSA) is 61.0 Å². The largest absolute Gasteiger partial charge is 0.477 e. The number of rotatable bonds is 3. The summed E-state index contributed by atoms with van der Waals surface area (Å²) in [6.07, 6.45) is 6.73. The number of pyridine rings is 1. The van der Waals surface area contributed by atoms with Crippen molar-refractivity contribution in [3.8, 4) is 11.8 Å². The molecule has 4 heterocycles. The van der Waals surface area contributed by atoms with Crippen molar-refractivity contribution in [3.63, 3.8) is 0 Å². The van der Waals surface area contributed by atoms with E-state index in [1.54, 1.807) is 0 Å². The highest BCUT2D eigenvalue weighted by molar-refractivity contribution is 5.83. The van der Waals surface area contributed by atoms with Crippen LogP contribution in [0, 0.1) is 11.3 Å². The number of carbonyl (C=O) groups is 1. The molecule has 0 saturated carbocycles. The summed E-state index contributed by atoms with van der Waals surface area (Å²) >= 11 is 0. The molecule has 1 unspecified atom stereocenters. The van der Waals surface area contributed by atoms with Crippen LogP contribution in [0.3, 0.4) is 0 Å². The quantitative estimate of drug-likeness (QED) is 0.674. The van der Waals surface area contributed by atoms with Crippen molar-refractivity contribution < 1.29 is 9.53 Å². The molecule has 6 nitrogen and oxygen atoms in total. The highest BCUT2D eigenvalue weighted by Gasteiger charge is 2.34. The summed E-state index contributed by atoms with van der Waals surface area (Å²) in [6.45, 7) is 2.64. The predicted molar refractivity (Wildman–Crippen MR) is 114 cm³/mol. The van der Waals surface area contributed by atoms with Crippen LogP contribution in [0.25, 0.3) is 5.52 Å². The fourth-order valence-corrected chi connectivity index (χ4v) is 4.54. The van der Waals surface area contributed by atoms with E-state index in [4.69, 9.17) is 4.74 Å². The molecule has 1 amide bonds. The molecule has 0 spiro atoms. The Morgan fingerprint density at radius 3 is 2.73 bits per heavy atom. The summed E-state index contributed by atoms with van der Waals surface area (Å²) in [5.41, 5.74) is 3.49. The summed E-state index contributed by atoms with van der Waals surface area (Å²) < 4.78 is 8.11. The van der Waals surface area contributed by atoms with E-state index in [2.05, 4.69) is 11.0 Å². The fraction of sp³-hybridized carbons (Fsp3) is 0.333. The number of aromatic nitrogens is 1. The summed E-state index contributed by atoms with van der Waals surface area (Å²) in [5, 5.41) is 9.77. The minimum absolute atomic E-state index is 0.0664. The van der Waals surface area contributed by atoms with E-state index < -0.39 is 6.10 Å². The molecule has 1 aromatic carbocycles. The molecule has 2 aromatic heterocycles. The van der Waals surface area contributed by atoms with Crippen LogP contribution < -0.4 is 9.64 Å². The third-order valence-electron chi connectivity index (χ3n) is 6.04. The second-order valence-corrected chi connectivity index (χ2v) is 7.97. The number of benzene rings is 1. The lowest BCUT2D eigenvalue weighted by Crippen LogP contribution is -2.51. The first-order chi connectivity index (χ1) is 14.7. The Bertz CT molecular complexity index is 1120. The first-order valence-electron chi connectivity index (χ1n) is 10.5. The summed E-state index contributed by atoms with van der Waals surface area (Å²) in [5.74, 6) is 0.790. The van der Waals surface area contributed by atoms with Crippen LogP contribution in [0.2, 0.25) is 0 Å². The Morgan fingerprint density at radius 1 is 1.10 bits per heavy atom. The van der Waals surface area contributed by atoms with Gasteiger partial charge >= 0.3 is 0 Å². The summed E-state index contributed by atoms with van der Waals surface area (Å²) in [6, 6.07) is 16.0. The number of para-hydroxylation sites is 2. The number of carbonyl (C=O) groups excluding carboxylic acids is 1. The molecular weight excluding hydrogens is 376 g/mol. The number of fused-ring (bicyclic) bond motifs is 2. The molecule has 1 fully saturated rings. The number of piperidine rings is 1. The van der Waals surface area contributed by atoms with E-state index in [1.807, 2.05) is 64.2 Å². The molecule has 3 aromatic rings. The van der Waals surface area contributed by atoms with Crippen LogP contribution in [0.5, 0.6) is 5.75 Å². The van der Waals surface area contributed by atoms with E-state index in [1.165, 1.54) is 6.42 Å². The third kappa shape index (κ3) is 3.26. The molecule has 2 aliphatic rings. The number of nitriles is 1. The summed E-state index contributed by atoms with van der Waals surface area (Å²) in [7, 11) is 0. The number of anilines is 1. The maximum absolute atomic E-state index is 13.1. The molecule has 2 aliphatic heterocycles. The van der Waals surface area contributed by atoms with Gasteiger partial charge in [-0.2, -0.15) is 5.26 Å². The third-order valence-corrected chi connectivity index (χ3v) is 6.04. The zero-order valence-electron chi connectivity index (χ0n) is 16.8. The maximum Gasteiger partial charge on any atom is 0.265 e. The monoisotopic (exact) mass is 400 g/mol. The van der Waals surface area contributed by atoms with Gasteiger partial charge in [-0.05, 0) is 43.5 Å². The zero-order chi connectivity index (χ0) is 20.5. The average Bonchev–Trinajstić information content (AvgIpc) is 3.16. The Kier molecular flexibility index (Phi) is 4.80. The standard InChI is InChI=1S/C24H24N4O2/c25-14-19-18(15-27-13-7-4-8-20(19)27)16-28-17-23(24(29)26-11-5-1-6-12-26)30-22-10-3-2-9-21(22)28/h2-4,7-10,13,15,23H,1,5-6,11-12,16-17H2. The van der Waals surface area contributed by atoms with Gasteiger partial charge in [0.15, 0.2) is 6.10 Å². The smallest absolute Gasteiger partial charge is 0.265 e. The first kappa shape index (κ1) is 18.6. The van der Waals surface area contributed by atoms with E-state index >= 15 is 0 Å². The van der Waals surface area contributed by atoms with Crippen molar-refractivity contribution in [1.29, 1.82) is 5.26 Å². The molecule has 152 valence electrons. The van der Waals surface area contributed by atoms with Gasteiger partial charge in [0.05, 0.1) is 23.3 Å². The minimum Gasteiger partial charge on any atom is -0.477 e. The number of nitrogens with zero attached hydrogens (tertiary/aromatic N) is 4. The normalized spacial score (nSPS) is 18.6. The van der Waals surface area contributed by atoms with Crippen molar-refractivity contribution in [2.24, 2.45) is 0 Å². The lowest BCUT2D eigenvalue weighted by Gasteiger charge is -2.38. The molecule has 0 bridgehead atoms. The van der Waals surface area contributed by atoms with Gasteiger partial charge in [-0.25, -0.2) is 0 Å². The van der Waals surface area contributed by atoms with Gasteiger partial charge in [-0.15, -0.1) is 0 Å².